The summed E-state index contributed by atoms with van der Waals surface area (Å²) in [5.74, 6) is 0. The van der Waals surface area contributed by atoms with Crippen LogP contribution in [-0.2, 0) is 13.1 Å². The van der Waals surface area contributed by atoms with Gasteiger partial charge in [0.1, 0.15) is 4.60 Å². The molecule has 0 aliphatic heterocycles. The minimum absolute atomic E-state index is 0.902. The van der Waals surface area contributed by atoms with E-state index in [2.05, 4.69) is 45.0 Å². The van der Waals surface area contributed by atoms with E-state index in [1.165, 1.54) is 0 Å². The maximum Gasteiger partial charge on any atom is 0.128 e. The molecule has 0 aliphatic rings. The Kier molecular flexibility index (Phi) is 5.68. The predicted octanol–water partition coefficient (Wildman–Crippen LogP) is 3.63. The molecule has 0 aromatic carbocycles. The van der Waals surface area contributed by atoms with E-state index in [9.17, 15) is 0 Å². The summed E-state index contributed by atoms with van der Waals surface area (Å²) in [6, 6.07) is 7.85. The highest BCUT2D eigenvalue weighted by atomic mass is 79.9. The van der Waals surface area contributed by atoms with E-state index in [0.29, 0.717) is 0 Å². The maximum atomic E-state index is 4.38. The minimum atomic E-state index is 0.902. The van der Waals surface area contributed by atoms with Gasteiger partial charge >= 0.3 is 0 Å². The van der Waals surface area contributed by atoms with Crippen LogP contribution < -0.4 is 0 Å². The Morgan fingerprint density at radius 2 is 1.71 bits per heavy atom. The smallest absolute Gasteiger partial charge is 0.128 e. The summed E-state index contributed by atoms with van der Waals surface area (Å²) in [6.45, 7) is 5.96. The van der Waals surface area contributed by atoms with Gasteiger partial charge in [-0.05, 0) is 54.0 Å². The van der Waals surface area contributed by atoms with Gasteiger partial charge in [-0.2, -0.15) is 10.2 Å². The zero-order valence-electron chi connectivity index (χ0n) is 12.1. The molecule has 0 spiro atoms. The summed E-state index contributed by atoms with van der Waals surface area (Å²) in [5.41, 5.74) is 2.05. The first-order chi connectivity index (χ1) is 10.2. The molecule has 110 valence electrons. The zero-order valence-corrected chi connectivity index (χ0v) is 13.7. The van der Waals surface area contributed by atoms with Crippen molar-refractivity contribution < 1.29 is 0 Å². The van der Waals surface area contributed by atoms with Gasteiger partial charge in [0.15, 0.2) is 0 Å². The number of aromatic nitrogens is 5. The Morgan fingerprint density at radius 3 is 2.19 bits per heavy atom. The highest BCUT2D eigenvalue weighted by Gasteiger charge is 1.99. The van der Waals surface area contributed by atoms with Crippen LogP contribution in [0.3, 0.4) is 0 Å². The van der Waals surface area contributed by atoms with Gasteiger partial charge in [0, 0.05) is 43.4 Å². The summed E-state index contributed by atoms with van der Waals surface area (Å²) < 4.78 is 4.67. The van der Waals surface area contributed by atoms with Crippen LogP contribution in [0.1, 0.15) is 13.8 Å². The number of aryl methyl sites for hydroxylation is 2. The lowest BCUT2D eigenvalue weighted by Crippen LogP contribution is -1.93. The normalized spacial score (nSPS) is 10.0. The second-order valence-electron chi connectivity index (χ2n) is 4.29. The van der Waals surface area contributed by atoms with Crippen LogP contribution in [0.25, 0.3) is 11.3 Å². The van der Waals surface area contributed by atoms with Gasteiger partial charge in [-0.25, -0.2) is 0 Å². The number of rotatable bonds is 3. The molecule has 3 rings (SSSR count). The molecule has 0 atom stereocenters. The van der Waals surface area contributed by atoms with Crippen molar-refractivity contribution in [1.82, 2.24) is 24.5 Å². The molecule has 0 amide bonds. The molecule has 6 heteroatoms. The molecule has 0 saturated heterocycles. The Bertz CT molecular complexity index is 660. The Balaban J connectivity index is 0.000000173. The van der Waals surface area contributed by atoms with E-state index in [1.807, 2.05) is 52.2 Å². The largest absolute Gasteiger partial charge is 0.272 e. The third kappa shape index (κ3) is 4.53. The lowest BCUT2D eigenvalue weighted by Gasteiger charge is -1.94. The summed E-state index contributed by atoms with van der Waals surface area (Å²) in [6.07, 6.45) is 7.50. The van der Waals surface area contributed by atoms with Crippen molar-refractivity contribution in [3.05, 3.63) is 53.7 Å². The number of halogens is 1. The highest BCUT2D eigenvalue weighted by molar-refractivity contribution is 9.10. The first-order valence-corrected chi connectivity index (χ1v) is 7.65. The van der Waals surface area contributed by atoms with E-state index < -0.39 is 0 Å². The predicted molar refractivity (Wildman–Crippen MR) is 86.7 cm³/mol. The van der Waals surface area contributed by atoms with Crippen LogP contribution in [0.5, 0.6) is 0 Å². The average molecular weight is 348 g/mol. The fourth-order valence-corrected chi connectivity index (χ4v) is 2.04. The topological polar surface area (TPSA) is 48.5 Å². The van der Waals surface area contributed by atoms with Gasteiger partial charge < -0.3 is 0 Å². The van der Waals surface area contributed by atoms with Crippen molar-refractivity contribution in [1.29, 1.82) is 0 Å². The molecule has 0 saturated carbocycles. The van der Waals surface area contributed by atoms with Crippen molar-refractivity contribution >= 4 is 15.9 Å². The molecule has 0 aliphatic carbocycles. The Morgan fingerprint density at radius 1 is 1.00 bits per heavy atom. The molecule has 3 heterocycles. The fraction of sp³-hybridized carbons (Fsp3) is 0.267. The van der Waals surface area contributed by atoms with Gasteiger partial charge in [-0.3, -0.25) is 14.3 Å². The first kappa shape index (κ1) is 15.4. The summed E-state index contributed by atoms with van der Waals surface area (Å²) in [7, 11) is 0. The van der Waals surface area contributed by atoms with Crippen molar-refractivity contribution in [2.24, 2.45) is 0 Å². The number of hydrogen-bond donors (Lipinski definition) is 0. The summed E-state index contributed by atoms with van der Waals surface area (Å²) in [4.78, 5) is 4.05. The highest BCUT2D eigenvalue weighted by Crippen LogP contribution is 2.14. The van der Waals surface area contributed by atoms with Gasteiger partial charge in [0.2, 0.25) is 0 Å². The van der Waals surface area contributed by atoms with Crippen molar-refractivity contribution in [3.63, 3.8) is 0 Å². The van der Waals surface area contributed by atoms with E-state index in [0.717, 1.165) is 29.0 Å². The summed E-state index contributed by atoms with van der Waals surface area (Å²) in [5, 5.41) is 8.44. The standard InChI is InChI=1S/C10H11N3.C5H7BrN2/c1-2-13-7-5-10(12-13)9-4-3-6-11-8-9;1-2-8-4-3-5(6)7-8/h3-8H,2H2,1H3;3-4H,2H2,1H3. The van der Waals surface area contributed by atoms with Crippen molar-refractivity contribution in [3.8, 4) is 11.3 Å². The number of hydrogen-bond acceptors (Lipinski definition) is 3. The first-order valence-electron chi connectivity index (χ1n) is 6.85. The minimum Gasteiger partial charge on any atom is -0.272 e. The molecule has 0 fully saturated rings. The molecule has 0 N–H and O–H groups in total. The van der Waals surface area contributed by atoms with Crippen molar-refractivity contribution in [2.45, 2.75) is 26.9 Å². The van der Waals surface area contributed by atoms with E-state index in [4.69, 9.17) is 0 Å². The molecule has 3 aromatic rings. The zero-order chi connectivity index (χ0) is 15.1. The number of nitrogens with zero attached hydrogens (tertiary/aromatic N) is 5. The quantitative estimate of drug-likeness (QED) is 0.726. The molecule has 0 bridgehead atoms. The van der Waals surface area contributed by atoms with Gasteiger partial charge in [0.05, 0.1) is 5.69 Å². The average Bonchev–Trinajstić information content (AvgIpc) is 3.17. The molecular weight excluding hydrogens is 330 g/mol. The van der Waals surface area contributed by atoms with Crippen LogP contribution in [0.15, 0.2) is 53.7 Å². The van der Waals surface area contributed by atoms with Crippen LogP contribution >= 0.6 is 15.9 Å². The Hall–Kier alpha value is -1.95. The van der Waals surface area contributed by atoms with Gasteiger partial charge in [-0.1, -0.05) is 0 Å². The molecule has 0 unspecified atom stereocenters. The van der Waals surface area contributed by atoms with Crippen LogP contribution in [0, 0.1) is 0 Å². The third-order valence-corrected chi connectivity index (χ3v) is 3.28. The number of pyridine rings is 1. The second kappa shape index (κ2) is 7.73. The monoisotopic (exact) mass is 347 g/mol. The second-order valence-corrected chi connectivity index (χ2v) is 5.11. The van der Waals surface area contributed by atoms with Crippen molar-refractivity contribution in [2.75, 3.05) is 0 Å². The maximum absolute atomic E-state index is 4.38. The van der Waals surface area contributed by atoms with Gasteiger partial charge in [0.25, 0.3) is 0 Å². The molecule has 21 heavy (non-hydrogen) atoms. The lowest BCUT2D eigenvalue weighted by atomic mass is 10.2. The molecular formula is C15H18BrN5. The van der Waals surface area contributed by atoms with E-state index in [1.54, 1.807) is 6.20 Å². The fourth-order valence-electron chi connectivity index (χ4n) is 1.72. The third-order valence-electron chi connectivity index (χ3n) is 2.85. The molecule has 3 aromatic heterocycles. The Labute approximate surface area is 132 Å². The molecule has 5 nitrogen and oxygen atoms in total. The van der Waals surface area contributed by atoms with Crippen LogP contribution in [0.2, 0.25) is 0 Å². The summed E-state index contributed by atoms with van der Waals surface area (Å²) >= 11 is 3.24. The lowest BCUT2D eigenvalue weighted by molar-refractivity contribution is 0.655. The van der Waals surface area contributed by atoms with Gasteiger partial charge in [-0.15, -0.1) is 0 Å². The molecule has 0 radical (unpaired) electrons. The SMILES string of the molecule is CCn1ccc(-c2cccnc2)n1.CCn1ccc(Br)n1. The van der Waals surface area contributed by atoms with Crippen LogP contribution in [-0.4, -0.2) is 24.5 Å². The van der Waals surface area contributed by atoms with E-state index >= 15 is 0 Å². The van der Waals surface area contributed by atoms with E-state index in [-0.39, 0.29) is 0 Å². The van der Waals surface area contributed by atoms with Crippen LogP contribution in [0.4, 0.5) is 0 Å².